The van der Waals surface area contributed by atoms with E-state index in [-0.39, 0.29) is 11.1 Å². The average molecular weight is 451 g/mol. The molecule has 1 saturated heterocycles. The third-order valence-electron chi connectivity index (χ3n) is 5.59. The van der Waals surface area contributed by atoms with Gasteiger partial charge in [-0.3, -0.25) is 0 Å². The Labute approximate surface area is 194 Å². The molecule has 2 atom stereocenters. The number of hydrogen-bond donors (Lipinski definition) is 0. The lowest BCUT2D eigenvalue weighted by atomic mass is 10.1. The predicted octanol–water partition coefficient (Wildman–Crippen LogP) is 4.15. The van der Waals surface area contributed by atoms with Crippen LogP contribution in [-0.2, 0) is 18.9 Å². The second kappa shape index (κ2) is 7.60. The standard InChI is InChI=1S/C25H30N4O4/c1-23(2)13-30-21(28-23)17-11-7-9-15(26-17)19-20(33-25(5,6)32-19)16-10-8-12-18(27-16)22-29-24(3,4)14-31-22/h7-12,19-20H,13-14H2,1-6H3. The van der Waals surface area contributed by atoms with Crippen LogP contribution in [0.4, 0.5) is 0 Å². The van der Waals surface area contributed by atoms with Crippen LogP contribution in [0, 0.1) is 0 Å². The van der Waals surface area contributed by atoms with Gasteiger partial charge in [0, 0.05) is 0 Å². The Hall–Kier alpha value is -2.84. The molecule has 2 aromatic rings. The van der Waals surface area contributed by atoms with E-state index in [1.54, 1.807) is 0 Å². The monoisotopic (exact) mass is 450 g/mol. The summed E-state index contributed by atoms with van der Waals surface area (Å²) in [5.74, 6) is 0.309. The van der Waals surface area contributed by atoms with E-state index in [0.29, 0.717) is 36.4 Å². The van der Waals surface area contributed by atoms with Crippen LogP contribution in [0.25, 0.3) is 0 Å². The fourth-order valence-corrected chi connectivity index (χ4v) is 4.08. The van der Waals surface area contributed by atoms with Gasteiger partial charge >= 0.3 is 0 Å². The Morgan fingerprint density at radius 2 is 1.09 bits per heavy atom. The van der Waals surface area contributed by atoms with Crippen LogP contribution in [0.15, 0.2) is 46.4 Å². The van der Waals surface area contributed by atoms with Crippen LogP contribution in [0.2, 0.25) is 0 Å². The SMILES string of the molecule is CC1(C)COC(c2cccc(C3OC(C)(C)OC3c3cccc(C4=NC(C)(C)CO4)n3)n2)=N1. The quantitative estimate of drug-likeness (QED) is 0.695. The van der Waals surface area contributed by atoms with Gasteiger partial charge in [-0.1, -0.05) is 12.1 Å². The Balaban J connectivity index is 1.48. The van der Waals surface area contributed by atoms with Crippen molar-refractivity contribution >= 4 is 11.8 Å². The first-order valence-electron chi connectivity index (χ1n) is 11.3. The molecule has 0 aromatic carbocycles. The van der Waals surface area contributed by atoms with Crippen LogP contribution in [-0.4, -0.2) is 51.8 Å². The molecule has 2 aromatic heterocycles. The number of aromatic nitrogens is 2. The van der Waals surface area contributed by atoms with Gasteiger partial charge in [-0.2, -0.15) is 0 Å². The number of hydrogen-bond acceptors (Lipinski definition) is 8. The topological polar surface area (TPSA) is 87.4 Å². The van der Waals surface area contributed by atoms with Crippen LogP contribution in [0.5, 0.6) is 0 Å². The smallest absolute Gasteiger partial charge is 0.236 e. The molecule has 3 aliphatic rings. The lowest BCUT2D eigenvalue weighted by Crippen LogP contribution is -2.20. The molecular formula is C25H30N4O4. The molecule has 0 radical (unpaired) electrons. The molecule has 33 heavy (non-hydrogen) atoms. The van der Waals surface area contributed by atoms with E-state index < -0.39 is 18.0 Å². The molecule has 0 bridgehead atoms. The molecule has 5 rings (SSSR count). The zero-order valence-corrected chi connectivity index (χ0v) is 20.0. The van der Waals surface area contributed by atoms with Crippen LogP contribution in [0.1, 0.15) is 76.5 Å². The minimum absolute atomic E-state index is 0.255. The molecule has 1 fully saturated rings. The summed E-state index contributed by atoms with van der Waals surface area (Å²) in [6.45, 7) is 13.0. The van der Waals surface area contributed by atoms with E-state index in [9.17, 15) is 0 Å². The van der Waals surface area contributed by atoms with E-state index in [1.165, 1.54) is 0 Å². The van der Waals surface area contributed by atoms with E-state index in [4.69, 9.17) is 28.9 Å². The second-order valence-corrected chi connectivity index (χ2v) is 10.4. The van der Waals surface area contributed by atoms with Crippen molar-refractivity contribution < 1.29 is 18.9 Å². The third-order valence-corrected chi connectivity index (χ3v) is 5.59. The van der Waals surface area contributed by atoms with Crippen molar-refractivity contribution in [3.63, 3.8) is 0 Å². The van der Waals surface area contributed by atoms with Gasteiger partial charge in [0.2, 0.25) is 11.8 Å². The fourth-order valence-electron chi connectivity index (χ4n) is 4.08. The van der Waals surface area contributed by atoms with E-state index in [2.05, 4.69) is 9.98 Å². The van der Waals surface area contributed by atoms with Gasteiger partial charge in [-0.15, -0.1) is 0 Å². The lowest BCUT2D eigenvalue weighted by molar-refractivity contribution is -0.148. The van der Waals surface area contributed by atoms with Gasteiger partial charge in [-0.05, 0) is 65.8 Å². The molecule has 0 amide bonds. The molecule has 0 aliphatic carbocycles. The molecule has 8 nitrogen and oxygen atoms in total. The summed E-state index contributed by atoms with van der Waals surface area (Å²) in [5, 5.41) is 0. The third kappa shape index (κ3) is 4.50. The molecular weight excluding hydrogens is 420 g/mol. The molecule has 0 saturated carbocycles. The summed E-state index contributed by atoms with van der Waals surface area (Å²) in [6, 6.07) is 11.5. The molecule has 5 heterocycles. The molecule has 174 valence electrons. The molecule has 0 N–H and O–H groups in total. The maximum atomic E-state index is 6.29. The minimum atomic E-state index is -0.794. The van der Waals surface area contributed by atoms with Gasteiger partial charge in [0.1, 0.15) is 36.8 Å². The highest BCUT2D eigenvalue weighted by Crippen LogP contribution is 2.46. The van der Waals surface area contributed by atoms with Crippen molar-refractivity contribution in [2.24, 2.45) is 9.98 Å². The van der Waals surface area contributed by atoms with E-state index in [0.717, 1.165) is 11.4 Å². The number of aliphatic imine (C=N–C) groups is 2. The molecule has 2 unspecified atom stereocenters. The first-order valence-corrected chi connectivity index (χ1v) is 11.3. The van der Waals surface area contributed by atoms with Crippen LogP contribution >= 0.6 is 0 Å². The average Bonchev–Trinajstić information content (AvgIpc) is 3.42. The molecule has 0 spiro atoms. The Kier molecular flexibility index (Phi) is 5.06. The van der Waals surface area contributed by atoms with Gasteiger partial charge in [0.05, 0.1) is 22.5 Å². The highest BCUT2D eigenvalue weighted by atomic mass is 16.8. The highest BCUT2D eigenvalue weighted by molar-refractivity contribution is 5.94. The largest absolute Gasteiger partial charge is 0.474 e. The summed E-state index contributed by atoms with van der Waals surface area (Å²) in [4.78, 5) is 19.0. The van der Waals surface area contributed by atoms with Crippen molar-refractivity contribution in [3.8, 4) is 0 Å². The van der Waals surface area contributed by atoms with Crippen molar-refractivity contribution in [1.82, 2.24) is 9.97 Å². The Morgan fingerprint density at radius 1 is 0.667 bits per heavy atom. The molecule has 3 aliphatic heterocycles. The van der Waals surface area contributed by atoms with Crippen molar-refractivity contribution in [1.29, 1.82) is 0 Å². The Bertz CT molecular complexity index is 1050. The first kappa shape index (κ1) is 22.0. The zero-order chi connectivity index (χ0) is 23.4. The maximum Gasteiger partial charge on any atom is 0.236 e. The number of rotatable bonds is 4. The number of pyridine rings is 2. The van der Waals surface area contributed by atoms with Crippen LogP contribution in [0.3, 0.4) is 0 Å². The summed E-state index contributed by atoms with van der Waals surface area (Å²) >= 11 is 0. The summed E-state index contributed by atoms with van der Waals surface area (Å²) in [5.41, 5.74) is 2.33. The van der Waals surface area contributed by atoms with Gasteiger partial charge in [0.25, 0.3) is 0 Å². The predicted molar refractivity (Wildman–Crippen MR) is 123 cm³/mol. The zero-order valence-electron chi connectivity index (χ0n) is 20.0. The van der Waals surface area contributed by atoms with Gasteiger partial charge < -0.3 is 18.9 Å². The fraction of sp³-hybridized carbons (Fsp3) is 0.520. The van der Waals surface area contributed by atoms with Gasteiger partial charge in [-0.25, -0.2) is 20.0 Å². The van der Waals surface area contributed by atoms with Crippen LogP contribution < -0.4 is 0 Å². The van der Waals surface area contributed by atoms with E-state index in [1.807, 2.05) is 77.9 Å². The normalized spacial score (nSPS) is 27.0. The maximum absolute atomic E-state index is 6.29. The second-order valence-electron chi connectivity index (χ2n) is 10.4. The number of ether oxygens (including phenoxy) is 4. The van der Waals surface area contributed by atoms with Gasteiger partial charge in [0.15, 0.2) is 5.79 Å². The minimum Gasteiger partial charge on any atom is -0.474 e. The highest BCUT2D eigenvalue weighted by Gasteiger charge is 2.45. The van der Waals surface area contributed by atoms with Crippen molar-refractivity contribution in [2.45, 2.75) is 70.6 Å². The Morgan fingerprint density at radius 3 is 1.45 bits per heavy atom. The summed E-state index contributed by atoms with van der Waals surface area (Å²) in [7, 11) is 0. The molecule has 8 heteroatoms. The van der Waals surface area contributed by atoms with Crippen molar-refractivity contribution in [2.75, 3.05) is 13.2 Å². The number of nitrogens with zero attached hydrogens (tertiary/aromatic N) is 4. The van der Waals surface area contributed by atoms with Crippen molar-refractivity contribution in [3.05, 3.63) is 59.2 Å². The van der Waals surface area contributed by atoms with E-state index >= 15 is 0 Å². The lowest BCUT2D eigenvalue weighted by Gasteiger charge is -2.17. The first-order chi connectivity index (χ1) is 15.5. The summed E-state index contributed by atoms with van der Waals surface area (Å²) in [6.07, 6.45) is -0.888. The summed E-state index contributed by atoms with van der Waals surface area (Å²) < 4.78 is 24.2.